The zero-order chi connectivity index (χ0) is 14.9. The Kier molecular flexibility index (Phi) is 4.33. The van der Waals surface area contributed by atoms with E-state index in [0.29, 0.717) is 17.3 Å². The largest absolute Gasteiger partial charge is 0.339 e. The highest BCUT2D eigenvalue weighted by atomic mass is 35.5. The summed E-state index contributed by atoms with van der Waals surface area (Å²) in [6.45, 7) is 6.26. The normalized spacial score (nSPS) is 18.8. The second-order valence-electron chi connectivity index (χ2n) is 5.44. The molecule has 1 atom stereocenters. The minimum atomic E-state index is -0.289. The molecule has 20 heavy (non-hydrogen) atoms. The summed E-state index contributed by atoms with van der Waals surface area (Å²) in [5, 5.41) is 3.49. The van der Waals surface area contributed by atoms with E-state index in [0.717, 1.165) is 5.56 Å². The molecule has 0 radical (unpaired) electrons. The second kappa shape index (κ2) is 5.83. The van der Waals surface area contributed by atoms with Gasteiger partial charge in [0.1, 0.15) is 0 Å². The van der Waals surface area contributed by atoms with Crippen molar-refractivity contribution in [3.63, 3.8) is 0 Å². The first-order valence-electron chi connectivity index (χ1n) is 6.75. The second-order valence-corrected chi connectivity index (χ2v) is 5.85. The van der Waals surface area contributed by atoms with Gasteiger partial charge in [0.05, 0.1) is 5.92 Å². The van der Waals surface area contributed by atoms with Crippen molar-refractivity contribution in [3.05, 3.63) is 28.8 Å². The molecule has 0 unspecified atom stereocenters. The van der Waals surface area contributed by atoms with E-state index in [1.165, 1.54) is 0 Å². The smallest absolute Gasteiger partial charge is 0.229 e. The molecule has 108 valence electrons. The van der Waals surface area contributed by atoms with Crippen LogP contribution in [0, 0.1) is 12.8 Å². The van der Waals surface area contributed by atoms with Gasteiger partial charge < -0.3 is 10.2 Å². The number of anilines is 1. The molecule has 1 N–H and O–H groups in total. The number of halogens is 1. The topological polar surface area (TPSA) is 49.4 Å². The quantitative estimate of drug-likeness (QED) is 0.932. The number of hydrogen-bond acceptors (Lipinski definition) is 2. The molecule has 0 bridgehead atoms. The van der Waals surface area contributed by atoms with Crippen LogP contribution in [0.4, 0.5) is 5.69 Å². The van der Waals surface area contributed by atoms with E-state index in [2.05, 4.69) is 5.32 Å². The molecule has 0 aromatic heterocycles. The van der Waals surface area contributed by atoms with Crippen molar-refractivity contribution < 1.29 is 9.59 Å². The van der Waals surface area contributed by atoms with Crippen molar-refractivity contribution >= 4 is 29.1 Å². The number of amides is 2. The molecule has 1 saturated heterocycles. The molecule has 2 amide bonds. The molecule has 2 rings (SSSR count). The fraction of sp³-hybridized carbons (Fsp3) is 0.467. The van der Waals surface area contributed by atoms with Crippen molar-refractivity contribution in [2.75, 3.05) is 11.9 Å². The summed E-state index contributed by atoms with van der Waals surface area (Å²) in [7, 11) is 0. The number of hydrogen-bond donors (Lipinski definition) is 1. The summed E-state index contributed by atoms with van der Waals surface area (Å²) >= 11 is 6.03. The van der Waals surface area contributed by atoms with Crippen molar-refractivity contribution in [1.29, 1.82) is 0 Å². The molecule has 0 aliphatic carbocycles. The third-order valence-corrected chi connectivity index (χ3v) is 4.09. The van der Waals surface area contributed by atoms with Crippen LogP contribution in [0.3, 0.4) is 0 Å². The van der Waals surface area contributed by atoms with Gasteiger partial charge in [0.25, 0.3) is 0 Å². The third kappa shape index (κ3) is 2.96. The zero-order valence-electron chi connectivity index (χ0n) is 11.9. The number of carbonyl (C=O) groups is 2. The lowest BCUT2D eigenvalue weighted by molar-refractivity contribution is -0.129. The molecule has 1 aliphatic heterocycles. The van der Waals surface area contributed by atoms with Gasteiger partial charge in [-0.1, -0.05) is 17.7 Å². The highest BCUT2D eigenvalue weighted by Crippen LogP contribution is 2.25. The van der Waals surface area contributed by atoms with E-state index in [1.807, 2.05) is 26.8 Å². The highest BCUT2D eigenvalue weighted by molar-refractivity contribution is 6.31. The summed E-state index contributed by atoms with van der Waals surface area (Å²) in [5.74, 6) is -0.363. The maximum atomic E-state index is 12.3. The van der Waals surface area contributed by atoms with Gasteiger partial charge >= 0.3 is 0 Å². The number of benzene rings is 1. The molecular formula is C15H19ClN2O2. The fourth-order valence-electron chi connectivity index (χ4n) is 2.38. The minimum Gasteiger partial charge on any atom is -0.339 e. The first-order valence-corrected chi connectivity index (χ1v) is 7.13. The molecule has 1 aromatic rings. The monoisotopic (exact) mass is 294 g/mol. The summed E-state index contributed by atoms with van der Waals surface area (Å²) in [6, 6.07) is 5.53. The van der Waals surface area contributed by atoms with Crippen LogP contribution in [0.1, 0.15) is 25.8 Å². The average molecular weight is 295 g/mol. The van der Waals surface area contributed by atoms with Gasteiger partial charge in [0.15, 0.2) is 0 Å². The average Bonchev–Trinajstić information content (AvgIpc) is 2.77. The van der Waals surface area contributed by atoms with Crippen molar-refractivity contribution in [2.45, 2.75) is 33.2 Å². The van der Waals surface area contributed by atoms with Crippen LogP contribution in [-0.2, 0) is 9.59 Å². The molecule has 4 nitrogen and oxygen atoms in total. The van der Waals surface area contributed by atoms with Crippen molar-refractivity contribution in [3.8, 4) is 0 Å². The molecular weight excluding hydrogens is 276 g/mol. The lowest BCUT2D eigenvalue weighted by atomic mass is 10.1. The van der Waals surface area contributed by atoms with Gasteiger partial charge in [0, 0.05) is 29.7 Å². The first kappa shape index (κ1) is 14.9. The first-order chi connectivity index (χ1) is 9.40. The predicted molar refractivity (Wildman–Crippen MR) is 79.8 cm³/mol. The van der Waals surface area contributed by atoms with Crippen LogP contribution in [0.5, 0.6) is 0 Å². The van der Waals surface area contributed by atoms with Gasteiger partial charge in [-0.25, -0.2) is 0 Å². The van der Waals surface area contributed by atoms with Crippen LogP contribution >= 0.6 is 11.6 Å². The number of nitrogens with zero attached hydrogens (tertiary/aromatic N) is 1. The Hall–Kier alpha value is -1.55. The zero-order valence-corrected chi connectivity index (χ0v) is 12.7. The summed E-state index contributed by atoms with van der Waals surface area (Å²) < 4.78 is 0. The van der Waals surface area contributed by atoms with Gasteiger partial charge in [-0.2, -0.15) is 0 Å². The van der Waals surface area contributed by atoms with Gasteiger partial charge in [-0.3, -0.25) is 9.59 Å². The van der Waals surface area contributed by atoms with Gasteiger partial charge in [0.2, 0.25) is 11.8 Å². The standard InChI is InChI=1S/C15H19ClN2O2/c1-9(2)18-8-11(7-14(18)19)15(20)17-13-6-4-5-12(16)10(13)3/h4-6,9,11H,7-8H2,1-3H3,(H,17,20)/t11-/m1/s1. The van der Waals surface area contributed by atoms with Crippen molar-refractivity contribution in [1.82, 2.24) is 4.90 Å². The van der Waals surface area contributed by atoms with Gasteiger partial charge in [-0.05, 0) is 38.5 Å². The molecule has 0 saturated carbocycles. The highest BCUT2D eigenvalue weighted by Gasteiger charge is 2.35. The molecule has 0 spiro atoms. The molecule has 1 fully saturated rings. The Morgan fingerprint density at radius 3 is 2.75 bits per heavy atom. The molecule has 5 heteroatoms. The Balaban J connectivity index is 2.06. The van der Waals surface area contributed by atoms with E-state index < -0.39 is 0 Å². The van der Waals surface area contributed by atoms with Crippen LogP contribution in [0.2, 0.25) is 5.02 Å². The fourth-order valence-corrected chi connectivity index (χ4v) is 2.56. The van der Waals surface area contributed by atoms with E-state index in [-0.39, 0.29) is 30.2 Å². The number of nitrogens with one attached hydrogen (secondary N) is 1. The Bertz CT molecular complexity index is 543. The van der Waals surface area contributed by atoms with Crippen molar-refractivity contribution in [2.24, 2.45) is 5.92 Å². The Morgan fingerprint density at radius 1 is 1.45 bits per heavy atom. The summed E-state index contributed by atoms with van der Waals surface area (Å²) in [5.41, 5.74) is 1.55. The van der Waals surface area contributed by atoms with Gasteiger partial charge in [-0.15, -0.1) is 0 Å². The van der Waals surface area contributed by atoms with Crippen LogP contribution in [0.15, 0.2) is 18.2 Å². The van der Waals surface area contributed by atoms with E-state index in [1.54, 1.807) is 17.0 Å². The maximum Gasteiger partial charge on any atom is 0.229 e. The Morgan fingerprint density at radius 2 is 2.15 bits per heavy atom. The maximum absolute atomic E-state index is 12.3. The van der Waals surface area contributed by atoms with E-state index >= 15 is 0 Å². The SMILES string of the molecule is Cc1c(Cl)cccc1NC(=O)[C@@H]1CC(=O)N(C(C)C)C1. The molecule has 1 aliphatic rings. The van der Waals surface area contributed by atoms with E-state index in [4.69, 9.17) is 11.6 Å². The molecule has 1 heterocycles. The van der Waals surface area contributed by atoms with Crippen LogP contribution in [0.25, 0.3) is 0 Å². The lowest BCUT2D eigenvalue weighted by Gasteiger charge is -2.20. The lowest BCUT2D eigenvalue weighted by Crippen LogP contribution is -2.33. The third-order valence-electron chi connectivity index (χ3n) is 3.68. The minimum absolute atomic E-state index is 0.0444. The number of rotatable bonds is 3. The predicted octanol–water partition coefficient (Wildman–Crippen LogP) is 2.84. The Labute approximate surface area is 124 Å². The summed E-state index contributed by atoms with van der Waals surface area (Å²) in [6.07, 6.45) is 0.281. The van der Waals surface area contributed by atoms with Crippen LogP contribution < -0.4 is 5.32 Å². The summed E-state index contributed by atoms with van der Waals surface area (Å²) in [4.78, 5) is 25.8. The van der Waals surface area contributed by atoms with Crippen LogP contribution in [-0.4, -0.2) is 29.3 Å². The van der Waals surface area contributed by atoms with E-state index in [9.17, 15) is 9.59 Å². The number of carbonyl (C=O) groups excluding carboxylic acids is 2. The number of likely N-dealkylation sites (tertiary alicyclic amines) is 1. The molecule has 1 aromatic carbocycles.